The maximum Gasteiger partial charge on any atom is 0.268 e. The first kappa shape index (κ1) is 13.0. The van der Waals surface area contributed by atoms with Crippen LogP contribution in [0.2, 0.25) is 0 Å². The molecule has 7 nitrogen and oxygen atoms in total. The van der Waals surface area contributed by atoms with Crippen LogP contribution in [0.1, 0.15) is 29.3 Å². The number of hydrogen-bond acceptors (Lipinski definition) is 4. The third kappa shape index (κ3) is 2.66. The molecule has 0 bridgehead atoms. The molecule has 0 saturated carbocycles. The number of hydrogen-bond donors (Lipinski definition) is 2. The topological polar surface area (TPSA) is 88.5 Å². The summed E-state index contributed by atoms with van der Waals surface area (Å²) >= 11 is 0. The van der Waals surface area contributed by atoms with Crippen molar-refractivity contribution in [1.82, 2.24) is 30.5 Å². The molecule has 0 unspecified atom stereocenters. The highest BCUT2D eigenvalue weighted by Crippen LogP contribution is 2.14. The van der Waals surface area contributed by atoms with Gasteiger partial charge in [0.1, 0.15) is 5.69 Å². The number of para-hydroxylation sites is 1. The van der Waals surface area contributed by atoms with Gasteiger partial charge in [0.05, 0.1) is 11.7 Å². The first-order valence-electron chi connectivity index (χ1n) is 6.53. The van der Waals surface area contributed by atoms with Crippen LogP contribution in [0.3, 0.4) is 0 Å². The minimum atomic E-state index is -0.323. The van der Waals surface area contributed by atoms with Crippen LogP contribution in [0.4, 0.5) is 0 Å². The SMILES string of the molecule is C[C@H](NC(=O)c1ccc[nH]1)c1nnnn1-c1ccccc1. The molecule has 0 radical (unpaired) electrons. The molecule has 0 spiro atoms. The fourth-order valence-electron chi connectivity index (χ4n) is 2.03. The summed E-state index contributed by atoms with van der Waals surface area (Å²) in [6.07, 6.45) is 1.70. The van der Waals surface area contributed by atoms with E-state index < -0.39 is 0 Å². The molecular formula is C14H14N6O. The summed E-state index contributed by atoms with van der Waals surface area (Å²) in [6, 6.07) is 12.7. The number of carbonyl (C=O) groups is 1. The highest BCUT2D eigenvalue weighted by molar-refractivity contribution is 5.92. The molecule has 1 atom stereocenters. The molecule has 0 fully saturated rings. The zero-order valence-corrected chi connectivity index (χ0v) is 11.4. The van der Waals surface area contributed by atoms with E-state index in [4.69, 9.17) is 0 Å². The highest BCUT2D eigenvalue weighted by Gasteiger charge is 2.18. The van der Waals surface area contributed by atoms with Crippen molar-refractivity contribution < 1.29 is 4.79 Å². The van der Waals surface area contributed by atoms with Gasteiger partial charge in [-0.3, -0.25) is 4.79 Å². The fourth-order valence-corrected chi connectivity index (χ4v) is 2.03. The van der Waals surface area contributed by atoms with Gasteiger partial charge in [-0.1, -0.05) is 18.2 Å². The lowest BCUT2D eigenvalue weighted by Crippen LogP contribution is -2.28. The monoisotopic (exact) mass is 282 g/mol. The quantitative estimate of drug-likeness (QED) is 0.758. The lowest BCUT2D eigenvalue weighted by Gasteiger charge is -2.13. The largest absolute Gasteiger partial charge is 0.357 e. The smallest absolute Gasteiger partial charge is 0.268 e. The summed E-state index contributed by atoms with van der Waals surface area (Å²) in [7, 11) is 0. The number of amides is 1. The summed E-state index contributed by atoms with van der Waals surface area (Å²) < 4.78 is 1.61. The molecule has 1 aromatic carbocycles. The number of nitrogens with one attached hydrogen (secondary N) is 2. The molecule has 1 amide bonds. The fraction of sp³-hybridized carbons (Fsp3) is 0.143. The zero-order chi connectivity index (χ0) is 14.7. The van der Waals surface area contributed by atoms with Gasteiger partial charge in [-0.15, -0.1) is 5.10 Å². The molecule has 2 N–H and O–H groups in total. The Balaban J connectivity index is 1.81. The molecule has 0 saturated heterocycles. The predicted molar refractivity (Wildman–Crippen MR) is 75.8 cm³/mol. The van der Waals surface area contributed by atoms with Crippen molar-refractivity contribution in [1.29, 1.82) is 0 Å². The summed E-state index contributed by atoms with van der Waals surface area (Å²) in [5, 5.41) is 14.5. The molecular weight excluding hydrogens is 268 g/mol. The van der Waals surface area contributed by atoms with Crippen molar-refractivity contribution >= 4 is 5.91 Å². The standard InChI is InChI=1S/C14H14N6O/c1-10(16-14(21)12-8-5-9-15-12)13-17-18-19-20(13)11-6-3-2-4-7-11/h2-10,15H,1H3,(H,16,21)/t10-/m0/s1. The van der Waals surface area contributed by atoms with E-state index in [1.165, 1.54) is 0 Å². The molecule has 0 aliphatic rings. The van der Waals surface area contributed by atoms with E-state index in [0.29, 0.717) is 11.5 Å². The highest BCUT2D eigenvalue weighted by atomic mass is 16.1. The van der Waals surface area contributed by atoms with Crippen LogP contribution in [0, 0.1) is 0 Å². The summed E-state index contributed by atoms with van der Waals surface area (Å²) in [5.41, 5.74) is 1.35. The van der Waals surface area contributed by atoms with Gasteiger partial charge in [-0.25, -0.2) is 0 Å². The molecule has 0 aliphatic heterocycles. The van der Waals surface area contributed by atoms with Crippen molar-refractivity contribution in [3.05, 3.63) is 60.2 Å². The van der Waals surface area contributed by atoms with Gasteiger partial charge in [0.25, 0.3) is 5.91 Å². The number of aromatic amines is 1. The molecule has 7 heteroatoms. The predicted octanol–water partition coefficient (Wildman–Crippen LogP) is 1.48. The molecule has 0 aliphatic carbocycles. The number of nitrogens with zero attached hydrogens (tertiary/aromatic N) is 4. The van der Waals surface area contributed by atoms with Gasteiger partial charge in [0, 0.05) is 6.20 Å². The summed E-state index contributed by atoms with van der Waals surface area (Å²) in [5.74, 6) is 0.371. The van der Waals surface area contributed by atoms with E-state index in [1.54, 1.807) is 23.0 Å². The Morgan fingerprint density at radius 1 is 1.24 bits per heavy atom. The number of carbonyl (C=O) groups excluding carboxylic acids is 1. The van der Waals surface area contributed by atoms with E-state index in [-0.39, 0.29) is 11.9 Å². The van der Waals surface area contributed by atoms with Gasteiger partial charge in [0.15, 0.2) is 5.82 Å². The van der Waals surface area contributed by atoms with E-state index in [9.17, 15) is 4.79 Å². The molecule has 2 heterocycles. The van der Waals surface area contributed by atoms with Crippen molar-refractivity contribution in [2.24, 2.45) is 0 Å². The Hall–Kier alpha value is -2.96. The van der Waals surface area contributed by atoms with Gasteiger partial charge in [-0.05, 0) is 41.6 Å². The van der Waals surface area contributed by atoms with Crippen molar-refractivity contribution in [3.8, 4) is 5.69 Å². The third-order valence-electron chi connectivity index (χ3n) is 3.07. The van der Waals surface area contributed by atoms with E-state index in [1.807, 2.05) is 37.3 Å². The van der Waals surface area contributed by atoms with Gasteiger partial charge >= 0.3 is 0 Å². The van der Waals surface area contributed by atoms with Crippen LogP contribution in [-0.4, -0.2) is 31.1 Å². The lowest BCUT2D eigenvalue weighted by atomic mass is 10.2. The molecule has 2 aromatic heterocycles. The average molecular weight is 282 g/mol. The summed E-state index contributed by atoms with van der Waals surface area (Å²) in [4.78, 5) is 14.9. The normalized spacial score (nSPS) is 12.0. The van der Waals surface area contributed by atoms with E-state index >= 15 is 0 Å². The number of H-pyrrole nitrogens is 1. The Labute approximate surface area is 121 Å². The van der Waals surface area contributed by atoms with Crippen molar-refractivity contribution in [2.45, 2.75) is 13.0 Å². The van der Waals surface area contributed by atoms with Crippen LogP contribution >= 0.6 is 0 Å². The van der Waals surface area contributed by atoms with Crippen LogP contribution < -0.4 is 5.32 Å². The zero-order valence-electron chi connectivity index (χ0n) is 11.4. The van der Waals surface area contributed by atoms with Crippen LogP contribution in [0.5, 0.6) is 0 Å². The second-order valence-corrected chi connectivity index (χ2v) is 4.56. The first-order valence-corrected chi connectivity index (χ1v) is 6.53. The Kier molecular flexibility index (Phi) is 3.46. The second kappa shape index (κ2) is 5.58. The molecule has 106 valence electrons. The minimum Gasteiger partial charge on any atom is -0.357 e. The van der Waals surface area contributed by atoms with E-state index in [2.05, 4.69) is 25.8 Å². The summed E-state index contributed by atoms with van der Waals surface area (Å²) in [6.45, 7) is 1.84. The van der Waals surface area contributed by atoms with Crippen LogP contribution in [0.15, 0.2) is 48.7 Å². The second-order valence-electron chi connectivity index (χ2n) is 4.56. The van der Waals surface area contributed by atoms with Crippen molar-refractivity contribution in [2.75, 3.05) is 0 Å². The molecule has 3 aromatic rings. The third-order valence-corrected chi connectivity index (χ3v) is 3.07. The van der Waals surface area contributed by atoms with Gasteiger partial charge < -0.3 is 10.3 Å². The first-order chi connectivity index (χ1) is 10.3. The average Bonchev–Trinajstić information content (AvgIpc) is 3.19. The lowest BCUT2D eigenvalue weighted by molar-refractivity contribution is 0.0933. The number of aromatic nitrogens is 5. The number of rotatable bonds is 4. The number of tetrazole rings is 1. The van der Waals surface area contributed by atoms with Crippen LogP contribution in [0.25, 0.3) is 5.69 Å². The maximum absolute atomic E-state index is 12.0. The maximum atomic E-state index is 12.0. The Morgan fingerprint density at radius 3 is 2.76 bits per heavy atom. The Morgan fingerprint density at radius 2 is 2.05 bits per heavy atom. The van der Waals surface area contributed by atoms with Crippen LogP contribution in [-0.2, 0) is 0 Å². The van der Waals surface area contributed by atoms with Gasteiger partial charge in [0.2, 0.25) is 0 Å². The molecule has 21 heavy (non-hydrogen) atoms. The van der Waals surface area contributed by atoms with E-state index in [0.717, 1.165) is 5.69 Å². The minimum absolute atomic E-state index is 0.199. The molecule has 3 rings (SSSR count). The number of benzene rings is 1. The Bertz CT molecular complexity index is 719. The van der Waals surface area contributed by atoms with Crippen molar-refractivity contribution in [3.63, 3.8) is 0 Å². The van der Waals surface area contributed by atoms with Gasteiger partial charge in [-0.2, -0.15) is 4.68 Å².